The van der Waals surface area contributed by atoms with Crippen molar-refractivity contribution < 1.29 is 118 Å². The molecule has 72 heavy (non-hydrogen) atoms. The summed E-state index contributed by atoms with van der Waals surface area (Å²) in [5.74, 6) is -4.20. The molecule has 3 fully saturated rings. The van der Waals surface area contributed by atoms with Crippen LogP contribution in [-0.4, -0.2) is 198 Å². The number of rotatable bonds is 19. The Hall–Kier alpha value is -6.01. The Morgan fingerprint density at radius 2 is 1.31 bits per heavy atom. The van der Waals surface area contributed by atoms with Crippen LogP contribution in [0.2, 0.25) is 0 Å². The Labute approximate surface area is 407 Å². The minimum absolute atomic E-state index is 0.0313. The van der Waals surface area contributed by atoms with E-state index in [9.17, 15) is 80.8 Å². The van der Waals surface area contributed by atoms with Crippen LogP contribution < -0.4 is 19.6 Å². The first kappa shape index (κ1) is 53.8. The van der Waals surface area contributed by atoms with Gasteiger partial charge in [0.15, 0.2) is 17.3 Å². The van der Waals surface area contributed by atoms with Gasteiger partial charge in [0.05, 0.1) is 45.2 Å². The van der Waals surface area contributed by atoms with Crippen LogP contribution in [0.25, 0.3) is 28.4 Å². The summed E-state index contributed by atoms with van der Waals surface area (Å²) in [6, 6.07) is 11.5. The highest BCUT2D eigenvalue weighted by Gasteiger charge is 2.48. The van der Waals surface area contributed by atoms with Crippen LogP contribution in [0.15, 0.2) is 69.9 Å². The molecule has 0 amide bonds. The number of aliphatic hydroxyl groups excluding tert-OH is 10. The molecule has 6 unspecified atom stereocenters. The largest absolute Gasteiger partial charge is 0.507 e. The van der Waals surface area contributed by atoms with Crippen molar-refractivity contribution in [3.05, 3.63) is 76.5 Å². The Morgan fingerprint density at radius 1 is 0.653 bits per heavy atom. The standard InChI is InChI=1S/C47H54O25/c48-15-30-36(56)35(55)24(17-64-18-32-38(58)40(60)37(57)31(16-49)70-32)28(69-30)2-1-11-65-45-39(59)34-27(53)13-23(68-47-43(63)41(61)42(62)46(72-47)66-19-50)14-29(34)71-44(45)21-5-7-22(8-6-21)67-33(54)10-4-20-3-9-25(51)26(52)12-20/h3-10,12-14,19,24,28,30-32,35-38,40-43,46-49,51-53,55-58,60-63H,1-2,11,15-18H2/b10-4+/t24?,28-,30?,31?,32-,35+,36+,37+,38?,40-,41-,42-,43?,46?,47+/m0/s1. The zero-order valence-electron chi connectivity index (χ0n) is 37.8. The van der Waals surface area contributed by atoms with Gasteiger partial charge in [0.2, 0.25) is 23.8 Å². The van der Waals surface area contributed by atoms with E-state index in [0.717, 1.165) is 18.2 Å². The third-order valence-corrected chi connectivity index (χ3v) is 12.3. The summed E-state index contributed by atoms with van der Waals surface area (Å²) >= 11 is 0. The molecule has 25 heteroatoms. The van der Waals surface area contributed by atoms with Crippen molar-refractivity contribution in [1.29, 1.82) is 0 Å². The number of aliphatic hydroxyl groups is 10. The second-order valence-electron chi connectivity index (χ2n) is 17.1. The molecule has 15 atom stereocenters. The molecule has 25 nitrogen and oxygen atoms in total. The van der Waals surface area contributed by atoms with Crippen LogP contribution in [0.5, 0.6) is 34.5 Å². The van der Waals surface area contributed by atoms with E-state index in [1.54, 1.807) is 0 Å². The van der Waals surface area contributed by atoms with Gasteiger partial charge in [0.25, 0.3) is 6.47 Å². The molecule has 392 valence electrons. The molecule has 0 spiro atoms. The minimum atomic E-state index is -1.92. The zero-order valence-corrected chi connectivity index (χ0v) is 37.8. The third-order valence-electron chi connectivity index (χ3n) is 12.3. The quantitative estimate of drug-likeness (QED) is 0.0117. The summed E-state index contributed by atoms with van der Waals surface area (Å²) in [6.45, 7) is -2.36. The van der Waals surface area contributed by atoms with Gasteiger partial charge in [0.1, 0.15) is 89.3 Å². The highest BCUT2D eigenvalue weighted by atomic mass is 16.8. The lowest BCUT2D eigenvalue weighted by Crippen LogP contribution is -2.60. The molecule has 3 aliphatic rings. The molecule has 0 saturated carbocycles. The predicted octanol–water partition coefficient (Wildman–Crippen LogP) is -2.37. The summed E-state index contributed by atoms with van der Waals surface area (Å²) in [5.41, 5.74) is -0.677. The van der Waals surface area contributed by atoms with Crippen molar-refractivity contribution in [1.82, 2.24) is 0 Å². The van der Waals surface area contributed by atoms with Gasteiger partial charge in [-0.05, 0) is 60.9 Å². The molecular formula is C47H54O25. The molecular weight excluding hydrogens is 964 g/mol. The number of ether oxygens (including phenoxy) is 8. The second-order valence-corrected chi connectivity index (χ2v) is 17.1. The lowest BCUT2D eigenvalue weighted by atomic mass is 9.85. The average molecular weight is 1020 g/mol. The molecule has 3 aromatic carbocycles. The van der Waals surface area contributed by atoms with Crippen LogP contribution in [0, 0.1) is 5.92 Å². The smallest absolute Gasteiger partial charge is 0.336 e. The van der Waals surface area contributed by atoms with E-state index in [0.29, 0.717) is 5.56 Å². The van der Waals surface area contributed by atoms with E-state index >= 15 is 0 Å². The fourth-order valence-corrected chi connectivity index (χ4v) is 8.33. The van der Waals surface area contributed by atoms with Crippen LogP contribution in [0.1, 0.15) is 18.4 Å². The summed E-state index contributed by atoms with van der Waals surface area (Å²) in [7, 11) is 0. The number of phenolic OH excluding ortho intramolecular Hbond substituents is 3. The van der Waals surface area contributed by atoms with Crippen molar-refractivity contribution in [2.45, 2.75) is 98.7 Å². The molecule has 3 aliphatic heterocycles. The highest BCUT2D eigenvalue weighted by Crippen LogP contribution is 2.38. The molecule has 3 saturated heterocycles. The molecule has 4 heterocycles. The summed E-state index contributed by atoms with van der Waals surface area (Å²) in [5, 5.41) is 133. The average Bonchev–Trinajstić information content (AvgIpc) is 3.36. The lowest BCUT2D eigenvalue weighted by molar-refractivity contribution is -0.321. The van der Waals surface area contributed by atoms with Gasteiger partial charge < -0.3 is 104 Å². The zero-order chi connectivity index (χ0) is 52.0. The monoisotopic (exact) mass is 1020 g/mol. The molecule has 1 aromatic heterocycles. The maximum atomic E-state index is 14.3. The number of carbonyl (C=O) groups is 2. The highest BCUT2D eigenvalue weighted by molar-refractivity contribution is 5.90. The number of hydrogen-bond acceptors (Lipinski definition) is 25. The summed E-state index contributed by atoms with van der Waals surface area (Å²) in [4.78, 5) is 38.0. The number of esters is 1. The van der Waals surface area contributed by atoms with Crippen LogP contribution >= 0.6 is 0 Å². The van der Waals surface area contributed by atoms with E-state index in [2.05, 4.69) is 4.74 Å². The Morgan fingerprint density at radius 3 is 1.99 bits per heavy atom. The predicted molar refractivity (Wildman–Crippen MR) is 239 cm³/mol. The second kappa shape index (κ2) is 23.7. The molecule has 0 aliphatic carbocycles. The minimum Gasteiger partial charge on any atom is -0.507 e. The summed E-state index contributed by atoms with van der Waals surface area (Å²) < 4.78 is 50.4. The number of hydrogen-bond donors (Lipinski definition) is 13. The van der Waals surface area contributed by atoms with Crippen LogP contribution in [0.4, 0.5) is 0 Å². The van der Waals surface area contributed by atoms with E-state index < -0.39 is 139 Å². The molecule has 0 radical (unpaired) electrons. The van der Waals surface area contributed by atoms with Gasteiger partial charge in [-0.25, -0.2) is 4.79 Å². The fraction of sp³-hybridized carbons (Fsp3) is 0.468. The van der Waals surface area contributed by atoms with Gasteiger partial charge in [-0.1, -0.05) is 6.07 Å². The maximum absolute atomic E-state index is 14.3. The van der Waals surface area contributed by atoms with Crippen molar-refractivity contribution in [3.8, 4) is 45.8 Å². The van der Waals surface area contributed by atoms with E-state index in [1.807, 2.05) is 0 Å². The molecule has 4 aromatic rings. The Balaban J connectivity index is 1.12. The third kappa shape index (κ3) is 11.9. The van der Waals surface area contributed by atoms with Gasteiger partial charge in [-0.3, -0.25) is 14.3 Å². The first-order valence-corrected chi connectivity index (χ1v) is 22.4. The SMILES string of the molecule is O=COC1O[C@@H](Oc2cc(O)c3c(=O)c(OCCC[C@@H]4OC(CO)[C@@H](O)[C@H](O)C4COC[C@@H]4OC(CO)[C@@H](O)[C@H](O)C4O)c(-c4ccc(OC(=O)/C=C/c5ccc(O)c(O)c5)cc4)oc3c2)C(O)[C@@H](O)[C@@H]1O. The van der Waals surface area contributed by atoms with Crippen molar-refractivity contribution in [2.75, 3.05) is 33.0 Å². The number of phenols is 3. The number of fused-ring (bicyclic) bond motifs is 1. The fourth-order valence-electron chi connectivity index (χ4n) is 8.33. The number of benzene rings is 3. The normalized spacial score (nSPS) is 30.8. The molecule has 13 N–H and O–H groups in total. The Bertz CT molecular complexity index is 2570. The topological polar surface area (TPSA) is 401 Å². The maximum Gasteiger partial charge on any atom is 0.336 e. The van der Waals surface area contributed by atoms with Gasteiger partial charge in [0, 0.05) is 29.7 Å². The van der Waals surface area contributed by atoms with Crippen molar-refractivity contribution in [3.63, 3.8) is 0 Å². The number of aromatic hydroxyl groups is 3. The number of carbonyl (C=O) groups excluding carboxylic acids is 2. The van der Waals surface area contributed by atoms with E-state index in [4.69, 9.17) is 37.6 Å². The first-order chi connectivity index (χ1) is 34.4. The Kier molecular flexibility index (Phi) is 17.7. The van der Waals surface area contributed by atoms with Crippen LogP contribution in [-0.2, 0) is 33.3 Å². The molecule has 0 bridgehead atoms. The van der Waals surface area contributed by atoms with Crippen LogP contribution in [0.3, 0.4) is 0 Å². The first-order valence-electron chi connectivity index (χ1n) is 22.4. The molecule has 7 rings (SSSR count). The van der Waals surface area contributed by atoms with Crippen molar-refractivity contribution in [2.24, 2.45) is 5.92 Å². The lowest BCUT2D eigenvalue weighted by Gasteiger charge is -2.43. The van der Waals surface area contributed by atoms with Gasteiger partial charge in [-0.15, -0.1) is 0 Å². The van der Waals surface area contributed by atoms with Crippen molar-refractivity contribution >= 4 is 29.5 Å². The van der Waals surface area contributed by atoms with E-state index in [1.165, 1.54) is 48.5 Å². The van der Waals surface area contributed by atoms with Gasteiger partial charge >= 0.3 is 5.97 Å². The summed E-state index contributed by atoms with van der Waals surface area (Å²) in [6.07, 6.45) is -19.2. The van der Waals surface area contributed by atoms with E-state index in [-0.39, 0.29) is 73.3 Å². The van der Waals surface area contributed by atoms with Gasteiger partial charge in [-0.2, -0.15) is 0 Å².